The van der Waals surface area contributed by atoms with Gasteiger partial charge in [-0.2, -0.15) is 0 Å². The van der Waals surface area contributed by atoms with Crippen LogP contribution in [0.2, 0.25) is 0 Å². The summed E-state index contributed by atoms with van der Waals surface area (Å²) >= 11 is -11.2. The van der Waals surface area contributed by atoms with E-state index in [9.17, 15) is 0 Å². The van der Waals surface area contributed by atoms with Crippen molar-refractivity contribution in [2.45, 2.75) is 0 Å². The van der Waals surface area contributed by atoms with E-state index in [4.69, 9.17) is 32.1 Å². The normalized spacial score (nSPS) is 10.5. The molecule has 8 nitrogen and oxygen atoms in total. The Morgan fingerprint density at radius 1 is 0.636 bits per heavy atom. The first-order valence-corrected chi connectivity index (χ1v) is 5.09. The predicted molar refractivity (Wildman–Crippen MR) is 2.75 cm³/mol. The van der Waals surface area contributed by atoms with Gasteiger partial charge >= 0.3 is 85.0 Å². The van der Waals surface area contributed by atoms with E-state index in [1.54, 1.807) is 0 Å². The molecule has 0 atom stereocenters. The van der Waals surface area contributed by atoms with Crippen LogP contribution in [0.4, 0.5) is 0 Å². The van der Waals surface area contributed by atoms with E-state index in [-0.39, 0.29) is 26.2 Å². The minimum Gasteiger partial charge on any atom is 4.00 e. The van der Waals surface area contributed by atoms with Crippen LogP contribution in [0.5, 0.6) is 0 Å². The molecule has 0 unspecified atom stereocenters. The summed E-state index contributed by atoms with van der Waals surface area (Å²) in [5, 5.41) is 0. The molecule has 11 heteroatoms. The Morgan fingerprint density at radius 3 is 0.636 bits per heavy atom. The number of rotatable bonds is 0. The summed E-state index contributed by atoms with van der Waals surface area (Å²) in [6.07, 6.45) is 0. The molecule has 0 bridgehead atoms. The minimum absolute atomic E-state index is 0. The fourth-order valence-electron chi connectivity index (χ4n) is 0. The molecule has 0 fully saturated rings. The van der Waals surface area contributed by atoms with Crippen LogP contribution in [0.15, 0.2) is 0 Å². The zero-order valence-corrected chi connectivity index (χ0v) is 9.34. The SMILES string of the molecule is [O]=[Mn](=[O])([O-])[O-].[O]=[Mn](=[O])([O-])[O-].[Zr+4]. The third-order valence-electron chi connectivity index (χ3n) is 0. The van der Waals surface area contributed by atoms with Gasteiger partial charge in [0.2, 0.25) is 0 Å². The summed E-state index contributed by atoms with van der Waals surface area (Å²) in [7, 11) is 0. The molecule has 0 aromatic carbocycles. The summed E-state index contributed by atoms with van der Waals surface area (Å²) in [5.41, 5.74) is 0. The van der Waals surface area contributed by atoms with Gasteiger partial charge in [0, 0.05) is 0 Å². The van der Waals surface area contributed by atoms with Crippen molar-refractivity contribution >= 4 is 0 Å². The molecular formula is Mn2O8Zr. The molecule has 0 aromatic rings. The molecule has 0 rings (SSSR count). The van der Waals surface area contributed by atoms with E-state index in [1.165, 1.54) is 0 Å². The Labute approximate surface area is 84.5 Å². The Balaban J connectivity index is -0.000000107. The Bertz CT molecular complexity index is 208. The van der Waals surface area contributed by atoms with Crippen LogP contribution >= 0.6 is 0 Å². The van der Waals surface area contributed by atoms with Gasteiger partial charge < -0.3 is 0 Å². The van der Waals surface area contributed by atoms with Crippen molar-refractivity contribution in [3.8, 4) is 0 Å². The van der Waals surface area contributed by atoms with Crippen LogP contribution in [0.3, 0.4) is 0 Å². The summed E-state index contributed by atoms with van der Waals surface area (Å²) < 4.78 is 68.6. The molecule has 0 aliphatic carbocycles. The van der Waals surface area contributed by atoms with Crippen molar-refractivity contribution in [3.05, 3.63) is 0 Å². The van der Waals surface area contributed by atoms with Gasteiger partial charge in [0.25, 0.3) is 0 Å². The van der Waals surface area contributed by atoms with Crippen molar-refractivity contribution < 1.29 is 85.0 Å². The van der Waals surface area contributed by atoms with Crippen molar-refractivity contribution in [2.75, 3.05) is 0 Å². The van der Waals surface area contributed by atoms with Gasteiger partial charge in [0.05, 0.1) is 0 Å². The molecule has 0 saturated carbocycles. The molecule has 66 valence electrons. The van der Waals surface area contributed by atoms with E-state index in [0.29, 0.717) is 0 Å². The summed E-state index contributed by atoms with van der Waals surface area (Å²) in [4.78, 5) is 0. The van der Waals surface area contributed by atoms with E-state index >= 15 is 0 Å². The summed E-state index contributed by atoms with van der Waals surface area (Å²) in [6, 6.07) is 0. The average Bonchev–Trinajstić information content (AvgIpc) is 1.12. The van der Waals surface area contributed by atoms with Crippen molar-refractivity contribution in [3.63, 3.8) is 0 Å². The van der Waals surface area contributed by atoms with Crippen LogP contribution in [0.25, 0.3) is 0 Å². The second-order valence-electron chi connectivity index (χ2n) is 0.756. The molecule has 0 spiro atoms. The van der Waals surface area contributed by atoms with E-state index < -0.39 is 26.7 Å². The molecule has 0 N–H and O–H groups in total. The van der Waals surface area contributed by atoms with Crippen LogP contribution in [0.1, 0.15) is 0 Å². The van der Waals surface area contributed by atoms with Crippen molar-refractivity contribution in [2.24, 2.45) is 0 Å². The van der Waals surface area contributed by atoms with Crippen LogP contribution < -0.4 is 16.8 Å². The largest absolute Gasteiger partial charge is 4.00 e. The van der Waals surface area contributed by atoms with E-state index in [2.05, 4.69) is 0 Å². The summed E-state index contributed by atoms with van der Waals surface area (Å²) in [6.45, 7) is 0. The van der Waals surface area contributed by atoms with Gasteiger partial charge in [-0.25, -0.2) is 0 Å². The van der Waals surface area contributed by atoms with Crippen molar-refractivity contribution in [1.82, 2.24) is 0 Å². The Morgan fingerprint density at radius 2 is 0.636 bits per heavy atom. The van der Waals surface area contributed by atoms with Gasteiger partial charge in [0.15, 0.2) is 0 Å². The minimum atomic E-state index is -5.62. The summed E-state index contributed by atoms with van der Waals surface area (Å²) in [5.74, 6) is 0. The first-order valence-electron chi connectivity index (χ1n) is 1.23. The smallest absolute Gasteiger partial charge is 4.00 e. The number of hydrogen-bond donors (Lipinski definition) is 0. The maximum Gasteiger partial charge on any atom is 4.00 e. The van der Waals surface area contributed by atoms with Crippen LogP contribution in [0, 0.1) is 0 Å². The second kappa shape index (κ2) is 6.48. The standard InChI is InChI=1S/2Mn.8O.Zr/q;;;;;;4*-1;+4. The van der Waals surface area contributed by atoms with E-state index in [1.807, 2.05) is 0 Å². The van der Waals surface area contributed by atoms with E-state index in [0.717, 1.165) is 0 Å². The third-order valence-corrected chi connectivity index (χ3v) is 0. The number of hydrogen-bond acceptors (Lipinski definition) is 8. The first-order chi connectivity index (χ1) is 4.00. The van der Waals surface area contributed by atoms with Gasteiger partial charge in [-0.05, 0) is 0 Å². The average molecular weight is 329 g/mol. The fourth-order valence-corrected chi connectivity index (χ4v) is 0. The third kappa shape index (κ3) is 951. The molecular weight excluding hydrogens is 329 g/mol. The second-order valence-corrected chi connectivity index (χ2v) is 3.12. The van der Waals surface area contributed by atoms with Gasteiger partial charge in [0.1, 0.15) is 0 Å². The molecule has 0 saturated heterocycles. The van der Waals surface area contributed by atoms with Crippen LogP contribution in [-0.2, 0) is 68.3 Å². The molecule has 11 heavy (non-hydrogen) atoms. The van der Waals surface area contributed by atoms with Gasteiger partial charge in [-0.3, -0.25) is 0 Å². The van der Waals surface area contributed by atoms with Crippen LogP contribution in [-0.4, -0.2) is 0 Å². The Kier molecular flexibility index (Phi) is 10.5. The quantitative estimate of drug-likeness (QED) is 0.398. The maximum absolute atomic E-state index is 8.58. The molecule has 0 radical (unpaired) electrons. The van der Waals surface area contributed by atoms with Crippen molar-refractivity contribution in [1.29, 1.82) is 0 Å². The Hall–Kier alpha value is 0.962. The first kappa shape index (κ1) is 17.9. The molecule has 0 aliphatic rings. The molecule has 0 aliphatic heterocycles. The topological polar surface area (TPSA) is 161 Å². The maximum atomic E-state index is 8.58. The fraction of sp³-hybridized carbons (Fsp3) is 0. The van der Waals surface area contributed by atoms with Gasteiger partial charge in [-0.15, -0.1) is 0 Å². The zero-order valence-electron chi connectivity index (χ0n) is 4.52. The molecule has 0 amide bonds. The molecule has 0 heterocycles. The monoisotopic (exact) mass is 328 g/mol. The van der Waals surface area contributed by atoms with Gasteiger partial charge in [-0.1, -0.05) is 0 Å². The molecule has 0 aromatic heterocycles. The zero-order chi connectivity index (χ0) is 9.00. The predicted octanol–water partition coefficient (Wildman–Crippen LogP) is -5.24.